The first-order valence-electron chi connectivity index (χ1n) is 6.55. The largest absolute Gasteiger partial charge is 0.286 e. The number of aliphatic imine (C=N–C) groups is 1. The number of nitrogens with one attached hydrogen (secondary N) is 1. The van der Waals surface area contributed by atoms with Crippen LogP contribution in [0.1, 0.15) is 12.0 Å². The van der Waals surface area contributed by atoms with E-state index in [1.165, 1.54) is 11.3 Å². The van der Waals surface area contributed by atoms with Crippen LogP contribution in [-0.4, -0.2) is 12.4 Å². The summed E-state index contributed by atoms with van der Waals surface area (Å²) in [6.45, 7) is 3.04. The number of rotatable bonds is 2. The average Bonchev–Trinajstić information content (AvgIpc) is 2.91. The standard InChI is InChI=1S/C16H17N3/c1-13-7-9-14(10-8-13)17-16-11-12-19(18-16)15-5-3-2-4-6-15/h2-10H,11-12H2,1H3,(H,17,18). The van der Waals surface area contributed by atoms with Crippen molar-refractivity contribution in [3.05, 3.63) is 60.2 Å². The lowest BCUT2D eigenvalue weighted by atomic mass is 10.2. The molecule has 0 spiro atoms. The molecule has 0 bridgehead atoms. The van der Waals surface area contributed by atoms with E-state index >= 15 is 0 Å². The van der Waals surface area contributed by atoms with Crippen LogP contribution in [0.2, 0.25) is 0 Å². The molecule has 2 aromatic carbocycles. The molecule has 0 unspecified atom stereocenters. The third-order valence-electron chi connectivity index (χ3n) is 3.20. The van der Waals surface area contributed by atoms with E-state index in [0.717, 1.165) is 24.5 Å². The van der Waals surface area contributed by atoms with E-state index in [1.807, 2.05) is 18.2 Å². The minimum absolute atomic E-state index is 0.947. The Labute approximate surface area is 113 Å². The fourth-order valence-electron chi connectivity index (χ4n) is 2.14. The molecule has 19 heavy (non-hydrogen) atoms. The first-order chi connectivity index (χ1) is 9.31. The fourth-order valence-corrected chi connectivity index (χ4v) is 2.14. The van der Waals surface area contributed by atoms with Gasteiger partial charge in [0.25, 0.3) is 0 Å². The Bertz CT molecular complexity index is 573. The SMILES string of the molecule is Cc1ccc(N=C2CCN(c3ccccc3)N2)cc1. The van der Waals surface area contributed by atoms with Crippen LogP contribution in [0.3, 0.4) is 0 Å². The number of hydrazine groups is 1. The van der Waals surface area contributed by atoms with Gasteiger partial charge in [0, 0.05) is 13.0 Å². The van der Waals surface area contributed by atoms with E-state index in [-0.39, 0.29) is 0 Å². The number of amidine groups is 1. The van der Waals surface area contributed by atoms with Crippen molar-refractivity contribution in [3.63, 3.8) is 0 Å². The lowest BCUT2D eigenvalue weighted by Crippen LogP contribution is -2.32. The summed E-state index contributed by atoms with van der Waals surface area (Å²) in [6.07, 6.45) is 0.947. The van der Waals surface area contributed by atoms with Crippen LogP contribution in [0.15, 0.2) is 59.6 Å². The second kappa shape index (κ2) is 5.14. The van der Waals surface area contributed by atoms with Crippen molar-refractivity contribution in [1.82, 2.24) is 5.43 Å². The highest BCUT2D eigenvalue weighted by atomic mass is 15.5. The molecule has 2 aromatic rings. The van der Waals surface area contributed by atoms with Gasteiger partial charge >= 0.3 is 0 Å². The van der Waals surface area contributed by atoms with Gasteiger partial charge in [0.05, 0.1) is 11.4 Å². The van der Waals surface area contributed by atoms with Gasteiger partial charge in [0.1, 0.15) is 5.84 Å². The average molecular weight is 251 g/mol. The Balaban J connectivity index is 1.74. The molecule has 0 aromatic heterocycles. The van der Waals surface area contributed by atoms with Crippen molar-refractivity contribution in [2.75, 3.05) is 11.6 Å². The second-order valence-electron chi connectivity index (χ2n) is 4.74. The molecule has 3 nitrogen and oxygen atoms in total. The first kappa shape index (κ1) is 11.8. The summed E-state index contributed by atoms with van der Waals surface area (Å²) in [7, 11) is 0. The number of para-hydroxylation sites is 1. The Morgan fingerprint density at radius 1 is 1.00 bits per heavy atom. The first-order valence-corrected chi connectivity index (χ1v) is 6.55. The smallest absolute Gasteiger partial charge is 0.123 e. The third kappa shape index (κ3) is 2.76. The molecular weight excluding hydrogens is 234 g/mol. The molecule has 3 heteroatoms. The molecule has 0 saturated carbocycles. The van der Waals surface area contributed by atoms with E-state index < -0.39 is 0 Å². The maximum Gasteiger partial charge on any atom is 0.123 e. The summed E-state index contributed by atoms with van der Waals surface area (Å²) in [5.41, 5.74) is 6.79. The molecular formula is C16H17N3. The van der Waals surface area contributed by atoms with Crippen LogP contribution in [0.5, 0.6) is 0 Å². The number of hydrogen-bond acceptors (Lipinski definition) is 2. The molecule has 1 aliphatic heterocycles. The normalized spacial score (nSPS) is 16.7. The number of anilines is 1. The van der Waals surface area contributed by atoms with Crippen molar-refractivity contribution in [1.29, 1.82) is 0 Å². The van der Waals surface area contributed by atoms with E-state index in [2.05, 4.69) is 58.7 Å². The Morgan fingerprint density at radius 2 is 1.74 bits per heavy atom. The number of benzene rings is 2. The van der Waals surface area contributed by atoms with E-state index in [1.54, 1.807) is 0 Å². The van der Waals surface area contributed by atoms with Gasteiger partial charge in [0.2, 0.25) is 0 Å². The molecule has 3 rings (SSSR count). The summed E-state index contributed by atoms with van der Waals surface area (Å²) in [5.74, 6) is 1.02. The third-order valence-corrected chi connectivity index (χ3v) is 3.20. The zero-order valence-electron chi connectivity index (χ0n) is 11.0. The molecule has 96 valence electrons. The van der Waals surface area contributed by atoms with Crippen molar-refractivity contribution < 1.29 is 0 Å². The van der Waals surface area contributed by atoms with Crippen molar-refractivity contribution in [2.24, 2.45) is 4.99 Å². The monoisotopic (exact) mass is 251 g/mol. The maximum atomic E-state index is 4.64. The molecule has 0 aliphatic carbocycles. The van der Waals surface area contributed by atoms with Gasteiger partial charge in [-0.1, -0.05) is 35.9 Å². The van der Waals surface area contributed by atoms with Gasteiger partial charge in [-0.05, 0) is 31.2 Å². The zero-order valence-corrected chi connectivity index (χ0v) is 11.0. The Hall–Kier alpha value is -2.29. The Kier molecular flexibility index (Phi) is 3.19. The van der Waals surface area contributed by atoms with E-state index in [9.17, 15) is 0 Å². The fraction of sp³-hybridized carbons (Fsp3) is 0.188. The number of hydrogen-bond donors (Lipinski definition) is 1. The minimum Gasteiger partial charge on any atom is -0.286 e. The van der Waals surface area contributed by atoms with Gasteiger partial charge in [0.15, 0.2) is 0 Å². The highest BCUT2D eigenvalue weighted by Crippen LogP contribution is 2.18. The predicted octanol–water partition coefficient (Wildman–Crippen LogP) is 3.44. The van der Waals surface area contributed by atoms with Gasteiger partial charge in [-0.15, -0.1) is 0 Å². The summed E-state index contributed by atoms with van der Waals surface area (Å²) < 4.78 is 0. The van der Waals surface area contributed by atoms with Crippen molar-refractivity contribution in [3.8, 4) is 0 Å². The van der Waals surface area contributed by atoms with Crippen LogP contribution in [0.25, 0.3) is 0 Å². The summed E-state index contributed by atoms with van der Waals surface area (Å²) in [4.78, 5) is 4.64. The summed E-state index contributed by atoms with van der Waals surface area (Å²) >= 11 is 0. The lowest BCUT2D eigenvalue weighted by molar-refractivity contribution is 0.858. The van der Waals surface area contributed by atoms with Crippen LogP contribution in [0, 0.1) is 6.92 Å². The molecule has 1 fully saturated rings. The number of aryl methyl sites for hydroxylation is 1. The van der Waals surface area contributed by atoms with Gasteiger partial charge in [-0.25, -0.2) is 4.99 Å². The quantitative estimate of drug-likeness (QED) is 0.885. The van der Waals surface area contributed by atoms with E-state index in [4.69, 9.17) is 0 Å². The second-order valence-corrected chi connectivity index (χ2v) is 4.74. The lowest BCUT2D eigenvalue weighted by Gasteiger charge is -2.17. The molecule has 1 heterocycles. The highest BCUT2D eigenvalue weighted by molar-refractivity contribution is 5.89. The molecule has 1 N–H and O–H groups in total. The molecule has 0 atom stereocenters. The molecule has 0 radical (unpaired) electrons. The maximum absolute atomic E-state index is 4.64. The highest BCUT2D eigenvalue weighted by Gasteiger charge is 2.16. The molecule has 1 saturated heterocycles. The predicted molar refractivity (Wildman–Crippen MR) is 79.8 cm³/mol. The zero-order chi connectivity index (χ0) is 13.1. The van der Waals surface area contributed by atoms with Crippen molar-refractivity contribution in [2.45, 2.75) is 13.3 Å². The van der Waals surface area contributed by atoms with Crippen LogP contribution in [0.4, 0.5) is 11.4 Å². The van der Waals surface area contributed by atoms with E-state index in [0.29, 0.717) is 0 Å². The summed E-state index contributed by atoms with van der Waals surface area (Å²) in [5, 5.41) is 2.13. The van der Waals surface area contributed by atoms with Gasteiger partial charge in [-0.2, -0.15) is 0 Å². The van der Waals surface area contributed by atoms with Crippen LogP contribution >= 0.6 is 0 Å². The van der Waals surface area contributed by atoms with Crippen LogP contribution < -0.4 is 10.4 Å². The topological polar surface area (TPSA) is 27.6 Å². The number of nitrogens with zero attached hydrogens (tertiary/aromatic N) is 2. The molecule has 1 aliphatic rings. The Morgan fingerprint density at radius 3 is 2.47 bits per heavy atom. The van der Waals surface area contributed by atoms with Gasteiger partial charge < -0.3 is 0 Å². The van der Waals surface area contributed by atoms with Crippen LogP contribution in [-0.2, 0) is 0 Å². The van der Waals surface area contributed by atoms with Crippen molar-refractivity contribution >= 4 is 17.2 Å². The molecule has 0 amide bonds. The summed E-state index contributed by atoms with van der Waals surface area (Å²) in [6, 6.07) is 18.6. The van der Waals surface area contributed by atoms with Gasteiger partial charge in [-0.3, -0.25) is 10.4 Å². The minimum atomic E-state index is 0.947.